The van der Waals surface area contributed by atoms with Gasteiger partial charge in [-0.3, -0.25) is 0 Å². The third kappa shape index (κ3) is 4.04. The summed E-state index contributed by atoms with van der Waals surface area (Å²) in [7, 11) is 0. The van der Waals surface area contributed by atoms with Crippen molar-refractivity contribution < 1.29 is 14.6 Å². The number of rotatable bonds is 4. The van der Waals surface area contributed by atoms with Crippen molar-refractivity contribution in [1.82, 2.24) is 0 Å². The molecule has 3 heteroatoms. The Morgan fingerprint density at radius 1 is 1.23 bits per heavy atom. The van der Waals surface area contributed by atoms with Crippen molar-refractivity contribution in [2.45, 2.75) is 61.3 Å². The molecule has 124 valence electrons. The van der Waals surface area contributed by atoms with E-state index in [-0.39, 0.29) is 22.5 Å². The van der Waals surface area contributed by atoms with Crippen LogP contribution in [0, 0.1) is 16.7 Å². The van der Waals surface area contributed by atoms with E-state index in [1.54, 1.807) is 0 Å². The molecular weight excluding hydrogens is 276 g/mol. The van der Waals surface area contributed by atoms with Crippen LogP contribution >= 0.6 is 0 Å². The molecule has 0 fully saturated rings. The van der Waals surface area contributed by atoms with E-state index < -0.39 is 0 Å². The van der Waals surface area contributed by atoms with Gasteiger partial charge in [0.2, 0.25) is 0 Å². The smallest absolute Gasteiger partial charge is 0.134 e. The molecule has 0 aromatic heterocycles. The fourth-order valence-electron chi connectivity index (χ4n) is 2.72. The topological polar surface area (TPSA) is 46.5 Å². The first kappa shape index (κ1) is 18.6. The second-order valence-electron chi connectivity index (χ2n) is 8.07. The van der Waals surface area contributed by atoms with Gasteiger partial charge in [0.05, 0.1) is 18.1 Å². The molecule has 1 aliphatic carbocycles. The standard InChI is InChI=1S/C19H30O3/c1-8-9-10-22-15-11-14(18(2,3)4)17(21)16(13(15)12-20)19(5,6)7/h11,16,21H,8-10H2,1-7H3. The summed E-state index contributed by atoms with van der Waals surface area (Å²) in [4.78, 5) is 11.5. The van der Waals surface area contributed by atoms with Gasteiger partial charge in [-0.25, -0.2) is 4.79 Å². The van der Waals surface area contributed by atoms with Gasteiger partial charge >= 0.3 is 0 Å². The summed E-state index contributed by atoms with van der Waals surface area (Å²) in [6.45, 7) is 14.9. The van der Waals surface area contributed by atoms with E-state index in [0.29, 0.717) is 17.9 Å². The molecule has 0 saturated heterocycles. The van der Waals surface area contributed by atoms with E-state index in [4.69, 9.17) is 4.74 Å². The van der Waals surface area contributed by atoms with Gasteiger partial charge in [0.15, 0.2) is 0 Å². The van der Waals surface area contributed by atoms with Gasteiger partial charge in [-0.1, -0.05) is 54.9 Å². The predicted molar refractivity (Wildman–Crippen MR) is 90.2 cm³/mol. The van der Waals surface area contributed by atoms with Gasteiger partial charge in [0, 0.05) is 0 Å². The summed E-state index contributed by atoms with van der Waals surface area (Å²) in [5.41, 5.74) is 0.745. The quantitative estimate of drug-likeness (QED) is 0.588. The summed E-state index contributed by atoms with van der Waals surface area (Å²) < 4.78 is 5.84. The summed E-state index contributed by atoms with van der Waals surface area (Å²) in [5.74, 6) is 2.46. The Morgan fingerprint density at radius 2 is 1.82 bits per heavy atom. The van der Waals surface area contributed by atoms with Gasteiger partial charge < -0.3 is 9.84 Å². The molecule has 0 saturated carbocycles. The zero-order chi connectivity index (χ0) is 17.1. The Kier molecular flexibility index (Phi) is 5.70. The van der Waals surface area contributed by atoms with Crippen molar-refractivity contribution in [3.05, 3.63) is 28.7 Å². The lowest BCUT2D eigenvalue weighted by Gasteiger charge is -2.37. The van der Waals surface area contributed by atoms with Crippen molar-refractivity contribution in [1.29, 1.82) is 0 Å². The highest BCUT2D eigenvalue weighted by Crippen LogP contribution is 2.46. The van der Waals surface area contributed by atoms with Crippen LogP contribution in [-0.2, 0) is 9.53 Å². The average Bonchev–Trinajstić information content (AvgIpc) is 2.36. The lowest BCUT2D eigenvalue weighted by atomic mass is 9.68. The molecule has 0 aliphatic heterocycles. The molecule has 0 aromatic rings. The molecule has 0 aromatic carbocycles. The summed E-state index contributed by atoms with van der Waals surface area (Å²) >= 11 is 0. The van der Waals surface area contributed by atoms with Crippen LogP contribution in [0.15, 0.2) is 28.7 Å². The van der Waals surface area contributed by atoms with Crippen LogP contribution < -0.4 is 0 Å². The molecule has 0 radical (unpaired) electrons. The normalized spacial score (nSPS) is 19.9. The fraction of sp³-hybridized carbons (Fsp3) is 0.684. The van der Waals surface area contributed by atoms with E-state index >= 15 is 0 Å². The largest absolute Gasteiger partial charge is 0.511 e. The van der Waals surface area contributed by atoms with E-state index in [1.807, 2.05) is 53.6 Å². The second kappa shape index (κ2) is 6.75. The number of carbonyl (C=O) groups excluding carboxylic acids is 1. The van der Waals surface area contributed by atoms with Crippen molar-refractivity contribution >= 4 is 5.94 Å². The molecule has 1 aliphatic rings. The first-order valence-electron chi connectivity index (χ1n) is 8.07. The molecule has 1 N–H and O–H groups in total. The van der Waals surface area contributed by atoms with E-state index in [2.05, 4.69) is 6.92 Å². The van der Waals surface area contributed by atoms with E-state index in [9.17, 15) is 9.90 Å². The van der Waals surface area contributed by atoms with Crippen molar-refractivity contribution in [2.75, 3.05) is 6.61 Å². The van der Waals surface area contributed by atoms with Crippen LogP contribution in [0.5, 0.6) is 0 Å². The molecule has 3 nitrogen and oxygen atoms in total. The summed E-state index contributed by atoms with van der Waals surface area (Å²) in [5, 5.41) is 10.8. The Bertz CT molecular complexity index is 518. The van der Waals surface area contributed by atoms with Crippen LogP contribution in [0.3, 0.4) is 0 Å². The number of hydrogen-bond donors (Lipinski definition) is 1. The molecule has 0 heterocycles. The van der Waals surface area contributed by atoms with Gasteiger partial charge in [-0.15, -0.1) is 0 Å². The highest BCUT2D eigenvalue weighted by molar-refractivity contribution is 5.65. The average molecular weight is 306 g/mol. The summed E-state index contributed by atoms with van der Waals surface area (Å²) in [6.07, 6.45) is 3.78. The Hall–Kier alpha value is -1.47. The van der Waals surface area contributed by atoms with Crippen LogP contribution in [0.25, 0.3) is 0 Å². The molecule has 1 rings (SSSR count). The first-order chi connectivity index (χ1) is 10.0. The maximum absolute atomic E-state index is 11.5. The molecule has 1 atom stereocenters. The molecular formula is C19H30O3. The zero-order valence-corrected chi connectivity index (χ0v) is 15.0. The number of aliphatic hydroxyl groups excluding tert-OH is 1. The third-order valence-corrected chi connectivity index (χ3v) is 3.92. The Morgan fingerprint density at radius 3 is 2.23 bits per heavy atom. The van der Waals surface area contributed by atoms with Crippen LogP contribution in [0.1, 0.15) is 61.3 Å². The predicted octanol–water partition coefficient (Wildman–Crippen LogP) is 4.98. The number of aliphatic hydroxyl groups is 1. The maximum atomic E-state index is 11.5. The lowest BCUT2D eigenvalue weighted by Crippen LogP contribution is -2.31. The molecule has 0 amide bonds. The Labute approximate surface area is 134 Å². The SMILES string of the molecule is CCCCOC1=CC(C(C)(C)C)=C(O)C(C(C)(C)C)C1=C=O. The number of hydrogen-bond acceptors (Lipinski definition) is 3. The van der Waals surface area contributed by atoms with Crippen molar-refractivity contribution in [3.63, 3.8) is 0 Å². The maximum Gasteiger partial charge on any atom is 0.134 e. The van der Waals surface area contributed by atoms with Crippen LogP contribution in [-0.4, -0.2) is 17.7 Å². The highest BCUT2D eigenvalue weighted by atomic mass is 16.5. The molecule has 0 spiro atoms. The minimum absolute atomic E-state index is 0.221. The van der Waals surface area contributed by atoms with Crippen LogP contribution in [0.4, 0.5) is 0 Å². The fourth-order valence-corrected chi connectivity index (χ4v) is 2.72. The van der Waals surface area contributed by atoms with E-state index in [0.717, 1.165) is 18.4 Å². The van der Waals surface area contributed by atoms with Gasteiger partial charge in [0.1, 0.15) is 17.5 Å². The first-order valence-corrected chi connectivity index (χ1v) is 8.07. The van der Waals surface area contributed by atoms with Gasteiger partial charge in [-0.2, -0.15) is 0 Å². The number of allylic oxidation sites excluding steroid dienone is 4. The highest BCUT2D eigenvalue weighted by Gasteiger charge is 2.41. The summed E-state index contributed by atoms with van der Waals surface area (Å²) in [6, 6.07) is 0. The monoisotopic (exact) mass is 306 g/mol. The molecule has 1 unspecified atom stereocenters. The van der Waals surface area contributed by atoms with E-state index in [1.165, 1.54) is 0 Å². The molecule has 0 bridgehead atoms. The minimum Gasteiger partial charge on any atom is -0.511 e. The van der Waals surface area contributed by atoms with Crippen LogP contribution in [0.2, 0.25) is 0 Å². The lowest BCUT2D eigenvalue weighted by molar-refractivity contribution is 0.174. The van der Waals surface area contributed by atoms with Gasteiger partial charge in [-0.05, 0) is 28.9 Å². The number of unbranched alkanes of at least 4 members (excludes halogenated alkanes) is 1. The zero-order valence-electron chi connectivity index (χ0n) is 15.0. The third-order valence-electron chi connectivity index (χ3n) is 3.92. The minimum atomic E-state index is -0.388. The molecule has 22 heavy (non-hydrogen) atoms. The number of ether oxygens (including phenoxy) is 1. The van der Waals surface area contributed by atoms with Gasteiger partial charge in [0.25, 0.3) is 0 Å². The Balaban J connectivity index is 3.39. The van der Waals surface area contributed by atoms with Crippen molar-refractivity contribution in [2.24, 2.45) is 16.7 Å². The van der Waals surface area contributed by atoms with Crippen molar-refractivity contribution in [3.8, 4) is 0 Å². The second-order valence-corrected chi connectivity index (χ2v) is 8.07.